The summed E-state index contributed by atoms with van der Waals surface area (Å²) in [6.07, 6.45) is 14.6. The number of unbranched alkanes of at least 4 members (excludes halogenated alkanes) is 6. The highest BCUT2D eigenvalue weighted by Crippen LogP contribution is 2.56. The van der Waals surface area contributed by atoms with Gasteiger partial charge >= 0.3 is 0 Å². The van der Waals surface area contributed by atoms with Gasteiger partial charge < -0.3 is 0 Å². The number of hydrogen-bond acceptors (Lipinski definition) is 3. The maximum absolute atomic E-state index is 4.52. The maximum Gasteiger partial charge on any atom is 0.113 e. The lowest BCUT2D eigenvalue weighted by Crippen LogP contribution is -2.25. The Labute approximate surface area is 255 Å². The topological polar surface area (TPSA) is 25.8 Å². The highest BCUT2D eigenvalue weighted by Gasteiger charge is 2.42. The van der Waals surface area contributed by atoms with Crippen LogP contribution in [0.4, 0.5) is 0 Å². The minimum absolute atomic E-state index is 0.0213. The van der Waals surface area contributed by atoms with E-state index in [2.05, 4.69) is 109 Å². The Morgan fingerprint density at radius 1 is 0.667 bits per heavy atom. The van der Waals surface area contributed by atoms with Crippen LogP contribution >= 0.6 is 11.5 Å². The summed E-state index contributed by atoms with van der Waals surface area (Å²) in [6.45, 7) is 8.56. The zero-order chi connectivity index (χ0) is 28.9. The Balaban J connectivity index is 1.50. The van der Waals surface area contributed by atoms with E-state index in [0.29, 0.717) is 0 Å². The van der Waals surface area contributed by atoms with Crippen molar-refractivity contribution in [1.29, 1.82) is 0 Å². The largest absolute Gasteiger partial charge is 0.137 e. The second-order valence-electron chi connectivity index (χ2n) is 12.0. The van der Waals surface area contributed by atoms with Crippen molar-refractivity contribution in [2.24, 2.45) is 0 Å². The van der Waals surface area contributed by atoms with Crippen LogP contribution in [0.25, 0.3) is 49.7 Å². The molecule has 0 fully saturated rings. The fraction of sp³-hybridized carbons (Fsp3) is 0.333. The van der Waals surface area contributed by atoms with Crippen molar-refractivity contribution in [2.45, 2.75) is 83.5 Å². The first-order valence-corrected chi connectivity index (χ1v) is 16.7. The Bertz CT molecular complexity index is 1670. The van der Waals surface area contributed by atoms with E-state index in [-0.39, 0.29) is 5.41 Å². The molecule has 0 radical (unpaired) electrons. The molecule has 0 saturated carbocycles. The van der Waals surface area contributed by atoms with E-state index in [0.717, 1.165) is 15.8 Å². The van der Waals surface area contributed by atoms with Gasteiger partial charge in [0.15, 0.2) is 0 Å². The standard InChI is InChI=1S/C39H42N2S/c1-4-7-9-11-24-39(25-12-10-8-5-2)35-26-30(29-18-16-28(6-3)17-19-29)20-22-33(35)34-23-21-31(27-36(34)39)32-14-13-15-37-38(32)40-41-42-37/h6,13-23,26-27H,3-5,7-12,24-25H2,1-2H3. The Hall–Kier alpha value is -3.56. The lowest BCUT2D eigenvalue weighted by Gasteiger charge is -2.33. The molecule has 6 rings (SSSR count). The molecular weight excluding hydrogens is 529 g/mol. The van der Waals surface area contributed by atoms with Gasteiger partial charge in [0.2, 0.25) is 0 Å². The summed E-state index contributed by atoms with van der Waals surface area (Å²) in [5.74, 6) is 0. The van der Waals surface area contributed by atoms with Crippen molar-refractivity contribution >= 4 is 27.8 Å². The van der Waals surface area contributed by atoms with Gasteiger partial charge in [-0.05, 0) is 87.1 Å². The fourth-order valence-electron chi connectivity index (χ4n) is 7.06. The second-order valence-corrected chi connectivity index (χ2v) is 12.8. The van der Waals surface area contributed by atoms with Crippen molar-refractivity contribution in [3.05, 3.63) is 102 Å². The molecule has 42 heavy (non-hydrogen) atoms. The van der Waals surface area contributed by atoms with Crippen LogP contribution in [0.15, 0.2) is 85.4 Å². The zero-order valence-electron chi connectivity index (χ0n) is 25.2. The highest BCUT2D eigenvalue weighted by molar-refractivity contribution is 7.13. The lowest BCUT2D eigenvalue weighted by molar-refractivity contribution is 0.401. The number of aromatic nitrogens is 2. The third-order valence-corrected chi connectivity index (χ3v) is 10.0. The SMILES string of the molecule is C=Cc1ccc(-c2ccc3c(c2)C(CCCCCC)(CCCCCC)c2cc(-c4cccc5snnc45)ccc2-3)cc1. The Morgan fingerprint density at radius 3 is 1.93 bits per heavy atom. The molecule has 5 aromatic rings. The number of rotatable bonds is 13. The van der Waals surface area contributed by atoms with Gasteiger partial charge in [0, 0.05) is 11.0 Å². The molecule has 0 atom stereocenters. The quantitative estimate of drug-likeness (QED) is 0.132. The van der Waals surface area contributed by atoms with E-state index in [1.54, 1.807) is 0 Å². The monoisotopic (exact) mass is 570 g/mol. The predicted octanol–water partition coefficient (Wildman–Crippen LogP) is 11.9. The number of nitrogens with zero attached hydrogens (tertiary/aromatic N) is 2. The van der Waals surface area contributed by atoms with E-state index in [4.69, 9.17) is 0 Å². The maximum atomic E-state index is 4.52. The molecule has 0 saturated heterocycles. The summed E-state index contributed by atoms with van der Waals surface area (Å²) in [4.78, 5) is 0. The van der Waals surface area contributed by atoms with Gasteiger partial charge in [-0.1, -0.05) is 143 Å². The fourth-order valence-corrected chi connectivity index (χ4v) is 7.65. The van der Waals surface area contributed by atoms with Crippen LogP contribution in [0.5, 0.6) is 0 Å². The van der Waals surface area contributed by atoms with E-state index in [9.17, 15) is 0 Å². The van der Waals surface area contributed by atoms with Crippen LogP contribution in [0.3, 0.4) is 0 Å². The predicted molar refractivity (Wildman–Crippen MR) is 182 cm³/mol. The number of hydrogen-bond donors (Lipinski definition) is 0. The summed E-state index contributed by atoms with van der Waals surface area (Å²) in [5.41, 5.74) is 13.1. The van der Waals surface area contributed by atoms with E-state index in [1.165, 1.54) is 120 Å². The third-order valence-electron chi connectivity index (χ3n) is 9.34. The molecule has 1 aliphatic carbocycles. The van der Waals surface area contributed by atoms with Crippen LogP contribution in [0.1, 0.15) is 94.7 Å². The van der Waals surface area contributed by atoms with Crippen molar-refractivity contribution < 1.29 is 0 Å². The summed E-state index contributed by atoms with van der Waals surface area (Å²) in [7, 11) is 0. The molecule has 214 valence electrons. The van der Waals surface area contributed by atoms with Crippen LogP contribution in [-0.4, -0.2) is 9.59 Å². The van der Waals surface area contributed by atoms with Crippen molar-refractivity contribution in [3.63, 3.8) is 0 Å². The molecule has 0 bridgehead atoms. The van der Waals surface area contributed by atoms with Gasteiger partial charge in [0.25, 0.3) is 0 Å². The van der Waals surface area contributed by atoms with Crippen LogP contribution in [-0.2, 0) is 5.41 Å². The number of benzene rings is 4. The molecule has 0 aliphatic heterocycles. The molecule has 0 unspecified atom stereocenters. The van der Waals surface area contributed by atoms with E-state index < -0.39 is 0 Å². The molecule has 1 aliphatic rings. The first-order valence-electron chi connectivity index (χ1n) is 15.9. The summed E-state index contributed by atoms with van der Waals surface area (Å²) >= 11 is 1.48. The Kier molecular flexibility index (Phi) is 8.67. The Morgan fingerprint density at radius 2 is 1.29 bits per heavy atom. The number of fused-ring (bicyclic) bond motifs is 4. The van der Waals surface area contributed by atoms with Crippen LogP contribution < -0.4 is 0 Å². The van der Waals surface area contributed by atoms with Crippen molar-refractivity contribution in [3.8, 4) is 33.4 Å². The summed E-state index contributed by atoms with van der Waals surface area (Å²) in [5, 5.41) is 4.52. The molecule has 4 aromatic carbocycles. The van der Waals surface area contributed by atoms with Gasteiger partial charge in [-0.25, -0.2) is 0 Å². The van der Waals surface area contributed by atoms with Gasteiger partial charge in [-0.15, -0.1) is 5.10 Å². The smallest absolute Gasteiger partial charge is 0.113 e. The first kappa shape index (κ1) is 28.6. The second kappa shape index (κ2) is 12.8. The molecule has 0 spiro atoms. The first-order chi connectivity index (χ1) is 20.7. The van der Waals surface area contributed by atoms with Gasteiger partial charge in [0.05, 0.1) is 4.70 Å². The molecule has 2 nitrogen and oxygen atoms in total. The molecule has 1 aromatic heterocycles. The zero-order valence-corrected chi connectivity index (χ0v) is 26.0. The van der Waals surface area contributed by atoms with Crippen LogP contribution in [0, 0.1) is 0 Å². The van der Waals surface area contributed by atoms with Gasteiger partial charge in [-0.2, -0.15) is 0 Å². The van der Waals surface area contributed by atoms with E-state index >= 15 is 0 Å². The van der Waals surface area contributed by atoms with Gasteiger partial charge in [0.1, 0.15) is 5.52 Å². The van der Waals surface area contributed by atoms with Crippen molar-refractivity contribution in [1.82, 2.24) is 9.59 Å². The molecule has 3 heteroatoms. The minimum atomic E-state index is 0.0213. The minimum Gasteiger partial charge on any atom is -0.137 e. The lowest BCUT2D eigenvalue weighted by atomic mass is 9.70. The molecule has 1 heterocycles. The van der Waals surface area contributed by atoms with Crippen LogP contribution in [0.2, 0.25) is 0 Å². The molecule has 0 N–H and O–H groups in total. The third kappa shape index (κ3) is 5.36. The normalized spacial score (nSPS) is 13.3. The van der Waals surface area contributed by atoms with E-state index in [1.807, 2.05) is 6.08 Å². The molecular formula is C39H42N2S. The highest BCUT2D eigenvalue weighted by atomic mass is 32.1. The van der Waals surface area contributed by atoms with Gasteiger partial charge in [-0.3, -0.25) is 0 Å². The summed E-state index contributed by atoms with van der Waals surface area (Å²) in [6, 6.07) is 29.8. The molecule has 0 amide bonds. The average Bonchev–Trinajstić information content (AvgIpc) is 3.62. The summed E-state index contributed by atoms with van der Waals surface area (Å²) < 4.78 is 5.42. The van der Waals surface area contributed by atoms with Crippen molar-refractivity contribution in [2.75, 3.05) is 0 Å². The average molecular weight is 571 g/mol.